The third-order valence-electron chi connectivity index (χ3n) is 6.77. The first-order valence-corrected chi connectivity index (χ1v) is 12.5. The number of para-hydroxylation sites is 1. The summed E-state index contributed by atoms with van der Waals surface area (Å²) in [5.74, 6) is 1.65. The number of fused-ring (bicyclic) bond motifs is 1. The van der Waals surface area contributed by atoms with Crippen molar-refractivity contribution in [1.29, 1.82) is 0 Å². The average Bonchev–Trinajstić information content (AvgIpc) is 3.24. The maximum Gasteiger partial charge on any atom is 0.220 e. The fourth-order valence-corrected chi connectivity index (χ4v) is 4.76. The molecular weight excluding hydrogens is 432 g/mol. The molecule has 4 heteroatoms. The molecule has 0 aliphatic rings. The van der Waals surface area contributed by atoms with Crippen molar-refractivity contribution < 1.29 is 9.53 Å². The van der Waals surface area contributed by atoms with Gasteiger partial charge in [0.25, 0.3) is 0 Å². The van der Waals surface area contributed by atoms with Crippen molar-refractivity contribution in [3.8, 4) is 5.75 Å². The Balaban J connectivity index is 1.72. The van der Waals surface area contributed by atoms with Gasteiger partial charge in [0.15, 0.2) is 0 Å². The Bertz CT molecular complexity index is 1240. The van der Waals surface area contributed by atoms with Crippen LogP contribution in [0.3, 0.4) is 0 Å². The molecule has 0 aliphatic carbocycles. The molecule has 4 rings (SSSR count). The predicted molar refractivity (Wildman–Crippen MR) is 144 cm³/mol. The summed E-state index contributed by atoms with van der Waals surface area (Å²) < 4.78 is 7.63. The quantitative estimate of drug-likeness (QED) is 0.280. The van der Waals surface area contributed by atoms with Gasteiger partial charge in [-0.1, -0.05) is 81.4 Å². The van der Waals surface area contributed by atoms with Gasteiger partial charge in [0.05, 0.1) is 7.11 Å². The van der Waals surface area contributed by atoms with Crippen molar-refractivity contribution >= 4 is 16.8 Å². The molecule has 0 spiro atoms. The van der Waals surface area contributed by atoms with Crippen molar-refractivity contribution in [2.75, 3.05) is 13.7 Å². The molecule has 0 saturated carbocycles. The van der Waals surface area contributed by atoms with Gasteiger partial charge in [-0.05, 0) is 46.7 Å². The number of benzene rings is 3. The number of rotatable bonds is 10. The predicted octanol–water partition coefficient (Wildman–Crippen LogP) is 6.75. The van der Waals surface area contributed by atoms with Crippen LogP contribution < -0.4 is 10.1 Å². The number of carbonyl (C=O) groups excluding carboxylic acids is 1. The molecule has 1 amide bonds. The summed E-state index contributed by atoms with van der Waals surface area (Å²) in [6, 6.07) is 27.3. The van der Waals surface area contributed by atoms with Crippen LogP contribution in [-0.2, 0) is 11.3 Å². The maximum atomic E-state index is 13.0. The number of ether oxygens (including phenoxy) is 1. The monoisotopic (exact) mass is 468 g/mol. The first-order chi connectivity index (χ1) is 17.0. The van der Waals surface area contributed by atoms with E-state index in [9.17, 15) is 4.79 Å². The van der Waals surface area contributed by atoms with Crippen LogP contribution in [0.5, 0.6) is 5.75 Å². The summed E-state index contributed by atoms with van der Waals surface area (Å²) in [7, 11) is 1.69. The number of hydrogen-bond donors (Lipinski definition) is 1. The second kappa shape index (κ2) is 11.3. The molecule has 0 saturated heterocycles. The molecule has 4 aromatic rings. The molecule has 0 aliphatic heterocycles. The van der Waals surface area contributed by atoms with E-state index in [0.717, 1.165) is 12.3 Å². The van der Waals surface area contributed by atoms with E-state index in [-0.39, 0.29) is 17.7 Å². The van der Waals surface area contributed by atoms with Gasteiger partial charge in [-0.2, -0.15) is 0 Å². The summed E-state index contributed by atoms with van der Waals surface area (Å²) in [6.45, 7) is 7.95. The highest BCUT2D eigenvalue weighted by Gasteiger charge is 2.27. The van der Waals surface area contributed by atoms with Crippen molar-refractivity contribution in [2.45, 2.75) is 45.6 Å². The standard InChI is InChI=1S/C31H36N2O2/c1-22(2)19-32-31(34)18-28(23(3)25-10-6-5-7-11-25)29-21-33(30-13-9-8-12-27(29)30)20-24-14-16-26(35-4)17-15-24/h5-17,21-23,28H,18-20H2,1-4H3,(H,32,34). The van der Waals surface area contributed by atoms with E-state index in [1.807, 2.05) is 18.2 Å². The Hall–Kier alpha value is -3.53. The Morgan fingerprint density at radius 1 is 0.914 bits per heavy atom. The second-order valence-corrected chi connectivity index (χ2v) is 9.79. The van der Waals surface area contributed by atoms with Gasteiger partial charge in [0, 0.05) is 42.5 Å². The number of hydrogen-bond acceptors (Lipinski definition) is 2. The van der Waals surface area contributed by atoms with Gasteiger partial charge in [-0.3, -0.25) is 4.79 Å². The zero-order chi connectivity index (χ0) is 24.8. The third-order valence-corrected chi connectivity index (χ3v) is 6.77. The summed E-state index contributed by atoms with van der Waals surface area (Å²) in [6.07, 6.45) is 2.72. The molecule has 1 N–H and O–H groups in total. The molecule has 182 valence electrons. The molecule has 1 heterocycles. The molecule has 1 aromatic heterocycles. The van der Waals surface area contributed by atoms with Crippen LogP contribution in [0, 0.1) is 5.92 Å². The smallest absolute Gasteiger partial charge is 0.220 e. The Kier molecular flexibility index (Phi) is 7.91. The Labute approximate surface area is 208 Å². The van der Waals surface area contributed by atoms with E-state index in [4.69, 9.17) is 4.74 Å². The van der Waals surface area contributed by atoms with Crippen LogP contribution in [0.4, 0.5) is 0 Å². The molecule has 4 nitrogen and oxygen atoms in total. The minimum Gasteiger partial charge on any atom is -0.497 e. The minimum absolute atomic E-state index is 0.0616. The highest BCUT2D eigenvalue weighted by atomic mass is 16.5. The topological polar surface area (TPSA) is 43.3 Å². The molecule has 3 aromatic carbocycles. The van der Waals surface area contributed by atoms with Crippen molar-refractivity contribution in [1.82, 2.24) is 9.88 Å². The first kappa shape index (κ1) is 24.6. The molecule has 0 bridgehead atoms. The molecule has 35 heavy (non-hydrogen) atoms. The molecule has 0 radical (unpaired) electrons. The van der Waals surface area contributed by atoms with Crippen LogP contribution in [0.25, 0.3) is 10.9 Å². The van der Waals surface area contributed by atoms with Crippen LogP contribution >= 0.6 is 0 Å². The van der Waals surface area contributed by atoms with Crippen molar-refractivity contribution in [2.24, 2.45) is 5.92 Å². The van der Waals surface area contributed by atoms with Crippen LogP contribution in [0.15, 0.2) is 85.1 Å². The normalized spacial score (nSPS) is 13.1. The summed E-state index contributed by atoms with van der Waals surface area (Å²) >= 11 is 0. The Morgan fingerprint density at radius 2 is 1.60 bits per heavy atom. The van der Waals surface area contributed by atoms with E-state index in [2.05, 4.69) is 97.5 Å². The van der Waals surface area contributed by atoms with E-state index >= 15 is 0 Å². The van der Waals surface area contributed by atoms with Gasteiger partial charge in [0.2, 0.25) is 5.91 Å². The zero-order valence-electron chi connectivity index (χ0n) is 21.2. The number of aromatic nitrogens is 1. The van der Waals surface area contributed by atoms with Crippen LogP contribution in [-0.4, -0.2) is 24.1 Å². The minimum atomic E-state index is 0.0616. The average molecular weight is 469 g/mol. The molecular formula is C31H36N2O2. The zero-order valence-corrected chi connectivity index (χ0v) is 21.2. The number of nitrogens with one attached hydrogen (secondary N) is 1. The molecule has 0 fully saturated rings. The van der Waals surface area contributed by atoms with Gasteiger partial charge in [-0.15, -0.1) is 0 Å². The van der Waals surface area contributed by atoms with Crippen molar-refractivity contribution in [3.63, 3.8) is 0 Å². The number of amides is 1. The molecule has 2 atom stereocenters. The lowest BCUT2D eigenvalue weighted by Crippen LogP contribution is -2.29. The van der Waals surface area contributed by atoms with E-state index in [0.29, 0.717) is 18.9 Å². The van der Waals surface area contributed by atoms with Gasteiger partial charge in [0.1, 0.15) is 5.75 Å². The first-order valence-electron chi connectivity index (χ1n) is 12.5. The fraction of sp³-hybridized carbons (Fsp3) is 0.323. The van der Waals surface area contributed by atoms with E-state index in [1.165, 1.54) is 27.6 Å². The lowest BCUT2D eigenvalue weighted by molar-refractivity contribution is -0.121. The largest absolute Gasteiger partial charge is 0.497 e. The lowest BCUT2D eigenvalue weighted by atomic mass is 9.80. The highest BCUT2D eigenvalue weighted by Crippen LogP contribution is 2.40. The SMILES string of the molecule is COc1ccc(Cn2cc(C(CC(=O)NCC(C)C)C(C)c3ccccc3)c3ccccc32)cc1. The van der Waals surface area contributed by atoms with Gasteiger partial charge in [-0.25, -0.2) is 0 Å². The third kappa shape index (κ3) is 5.94. The van der Waals surface area contributed by atoms with Crippen LogP contribution in [0.2, 0.25) is 0 Å². The van der Waals surface area contributed by atoms with Crippen molar-refractivity contribution in [3.05, 3.63) is 102 Å². The summed E-state index contributed by atoms with van der Waals surface area (Å²) in [5.41, 5.74) is 4.87. The van der Waals surface area contributed by atoms with Crippen LogP contribution in [0.1, 0.15) is 55.7 Å². The van der Waals surface area contributed by atoms with Gasteiger partial charge < -0.3 is 14.6 Å². The maximum absolute atomic E-state index is 13.0. The number of nitrogens with zero attached hydrogens (tertiary/aromatic N) is 1. The van der Waals surface area contributed by atoms with Gasteiger partial charge >= 0.3 is 0 Å². The van der Waals surface area contributed by atoms with E-state index in [1.54, 1.807) is 7.11 Å². The van der Waals surface area contributed by atoms with E-state index < -0.39 is 0 Å². The Morgan fingerprint density at radius 3 is 2.29 bits per heavy atom. The summed E-state index contributed by atoms with van der Waals surface area (Å²) in [4.78, 5) is 13.0. The highest BCUT2D eigenvalue weighted by molar-refractivity contribution is 5.86. The number of methoxy groups -OCH3 is 1. The summed E-state index contributed by atoms with van der Waals surface area (Å²) in [5, 5.41) is 4.35. The number of carbonyl (C=O) groups is 1. The molecule has 2 unspecified atom stereocenters. The lowest BCUT2D eigenvalue weighted by Gasteiger charge is -2.24. The fourth-order valence-electron chi connectivity index (χ4n) is 4.76. The second-order valence-electron chi connectivity index (χ2n) is 9.79.